The van der Waals surface area contributed by atoms with Gasteiger partial charge in [0.1, 0.15) is 11.3 Å². The summed E-state index contributed by atoms with van der Waals surface area (Å²) in [5.41, 5.74) is 0.791. The topological polar surface area (TPSA) is 87.5 Å². The second-order valence-electron chi connectivity index (χ2n) is 8.75. The van der Waals surface area contributed by atoms with Crippen LogP contribution in [-0.2, 0) is 7.05 Å². The van der Waals surface area contributed by atoms with Gasteiger partial charge in [-0.1, -0.05) is 26.0 Å². The van der Waals surface area contributed by atoms with Crippen LogP contribution in [-0.4, -0.2) is 33.7 Å². The number of para-hydroxylation sites is 1. The fourth-order valence-electron chi connectivity index (χ4n) is 3.94. The summed E-state index contributed by atoms with van der Waals surface area (Å²) >= 11 is 0. The number of nitrogens with zero attached hydrogens (tertiary/aromatic N) is 3. The molecule has 8 heteroatoms. The van der Waals surface area contributed by atoms with Crippen LogP contribution in [0.3, 0.4) is 0 Å². The summed E-state index contributed by atoms with van der Waals surface area (Å²) in [6, 6.07) is 8.75. The van der Waals surface area contributed by atoms with E-state index in [0.29, 0.717) is 17.2 Å². The molecular weight excluding hydrogens is 399 g/mol. The molecule has 0 radical (unpaired) electrons. The molecule has 2 N–H and O–H groups in total. The molecule has 0 aliphatic carbocycles. The number of benzene rings is 2. The smallest absolute Gasteiger partial charge is 0.337 e. The van der Waals surface area contributed by atoms with Gasteiger partial charge in [0.15, 0.2) is 0 Å². The zero-order valence-corrected chi connectivity index (χ0v) is 17.8. The third-order valence-corrected chi connectivity index (χ3v) is 5.95. The minimum Gasteiger partial charge on any atom is -0.478 e. The standard InChI is InChI=1S/C23H25FN4O3/c1-23(2)8-10-28(11-9-23)22-26-19-16(20(29)27(22)3)12-14(24)13-18(19)25-17-7-5-4-6-15(17)21(30)31/h4-7,12-13,25H,8-11H2,1-3H3,(H,30,31). The molecule has 0 amide bonds. The average molecular weight is 424 g/mol. The van der Waals surface area contributed by atoms with Gasteiger partial charge in [-0.3, -0.25) is 9.36 Å². The number of carboxylic acid groups (broad SMARTS) is 1. The summed E-state index contributed by atoms with van der Waals surface area (Å²) in [7, 11) is 1.64. The Labute approximate surface area is 179 Å². The van der Waals surface area contributed by atoms with Crippen molar-refractivity contribution in [2.45, 2.75) is 26.7 Å². The van der Waals surface area contributed by atoms with Gasteiger partial charge in [0.2, 0.25) is 5.95 Å². The Bertz CT molecular complexity index is 1230. The molecule has 3 aromatic rings. The van der Waals surface area contributed by atoms with Gasteiger partial charge in [-0.05, 0) is 42.5 Å². The molecule has 1 saturated heterocycles. The molecule has 2 aromatic carbocycles. The van der Waals surface area contributed by atoms with Crippen molar-refractivity contribution in [2.24, 2.45) is 12.5 Å². The molecule has 1 aromatic heterocycles. The second kappa shape index (κ2) is 7.68. The number of halogens is 1. The first kappa shape index (κ1) is 20.8. The first-order valence-corrected chi connectivity index (χ1v) is 10.2. The summed E-state index contributed by atoms with van der Waals surface area (Å²) < 4.78 is 15.8. The number of nitrogens with one attached hydrogen (secondary N) is 1. The summed E-state index contributed by atoms with van der Waals surface area (Å²) in [6.45, 7) is 5.99. The maximum Gasteiger partial charge on any atom is 0.337 e. The van der Waals surface area contributed by atoms with Crippen molar-refractivity contribution in [1.82, 2.24) is 9.55 Å². The van der Waals surface area contributed by atoms with E-state index in [0.717, 1.165) is 25.9 Å². The summed E-state index contributed by atoms with van der Waals surface area (Å²) in [4.78, 5) is 31.4. The molecule has 7 nitrogen and oxygen atoms in total. The quantitative estimate of drug-likeness (QED) is 0.655. The van der Waals surface area contributed by atoms with Gasteiger partial charge in [-0.15, -0.1) is 0 Å². The number of hydrogen-bond donors (Lipinski definition) is 2. The number of piperidine rings is 1. The highest BCUT2D eigenvalue weighted by Crippen LogP contribution is 2.33. The van der Waals surface area contributed by atoms with Gasteiger partial charge in [0.05, 0.1) is 22.3 Å². The monoisotopic (exact) mass is 424 g/mol. The number of fused-ring (bicyclic) bond motifs is 1. The molecule has 0 saturated carbocycles. The van der Waals surface area contributed by atoms with Crippen LogP contribution in [0, 0.1) is 11.2 Å². The highest BCUT2D eigenvalue weighted by molar-refractivity contribution is 5.98. The van der Waals surface area contributed by atoms with E-state index < -0.39 is 11.8 Å². The lowest BCUT2D eigenvalue weighted by atomic mass is 9.83. The first-order valence-electron chi connectivity index (χ1n) is 10.2. The zero-order valence-electron chi connectivity index (χ0n) is 17.8. The number of carboxylic acids is 1. The van der Waals surface area contributed by atoms with Crippen LogP contribution < -0.4 is 15.8 Å². The Morgan fingerprint density at radius 1 is 1.16 bits per heavy atom. The average Bonchev–Trinajstić information content (AvgIpc) is 2.71. The van der Waals surface area contributed by atoms with E-state index in [9.17, 15) is 19.1 Å². The number of aromatic nitrogens is 2. The van der Waals surface area contributed by atoms with E-state index in [1.165, 1.54) is 22.8 Å². The van der Waals surface area contributed by atoms with Crippen molar-refractivity contribution in [3.8, 4) is 0 Å². The third kappa shape index (κ3) is 3.97. The molecule has 1 aliphatic heterocycles. The highest BCUT2D eigenvalue weighted by atomic mass is 19.1. The maximum atomic E-state index is 14.4. The van der Waals surface area contributed by atoms with Crippen molar-refractivity contribution in [2.75, 3.05) is 23.3 Å². The van der Waals surface area contributed by atoms with E-state index >= 15 is 0 Å². The molecular formula is C23H25FN4O3. The molecule has 0 bridgehead atoms. The van der Waals surface area contributed by atoms with Crippen molar-refractivity contribution >= 4 is 34.2 Å². The lowest BCUT2D eigenvalue weighted by Crippen LogP contribution is -2.40. The number of anilines is 3. The Morgan fingerprint density at radius 2 is 1.84 bits per heavy atom. The molecule has 1 aliphatic rings. The normalized spacial score (nSPS) is 15.8. The van der Waals surface area contributed by atoms with Gasteiger partial charge in [-0.25, -0.2) is 14.2 Å². The number of aromatic carboxylic acids is 1. The van der Waals surface area contributed by atoms with Crippen molar-refractivity contribution in [1.29, 1.82) is 0 Å². The molecule has 4 rings (SSSR count). The first-order chi connectivity index (χ1) is 14.7. The Morgan fingerprint density at radius 3 is 2.52 bits per heavy atom. The minimum atomic E-state index is -1.11. The predicted octanol–water partition coefficient (Wildman–Crippen LogP) is 4.14. The largest absolute Gasteiger partial charge is 0.478 e. The summed E-state index contributed by atoms with van der Waals surface area (Å²) in [6.07, 6.45) is 1.95. The predicted molar refractivity (Wildman–Crippen MR) is 119 cm³/mol. The molecule has 1 fully saturated rings. The minimum absolute atomic E-state index is 0.0437. The van der Waals surface area contributed by atoms with Crippen LogP contribution >= 0.6 is 0 Å². The van der Waals surface area contributed by atoms with Gasteiger partial charge >= 0.3 is 5.97 Å². The summed E-state index contributed by atoms with van der Waals surface area (Å²) in [5, 5.41) is 12.6. The highest BCUT2D eigenvalue weighted by Gasteiger charge is 2.28. The third-order valence-electron chi connectivity index (χ3n) is 5.95. The molecule has 0 atom stereocenters. The van der Waals surface area contributed by atoms with Crippen molar-refractivity contribution in [3.63, 3.8) is 0 Å². The van der Waals surface area contributed by atoms with Gasteiger partial charge in [-0.2, -0.15) is 0 Å². The van der Waals surface area contributed by atoms with Crippen LogP contribution in [0.15, 0.2) is 41.2 Å². The van der Waals surface area contributed by atoms with Gasteiger partial charge in [0.25, 0.3) is 5.56 Å². The molecule has 0 unspecified atom stereocenters. The van der Waals surface area contributed by atoms with Crippen molar-refractivity contribution < 1.29 is 14.3 Å². The van der Waals surface area contributed by atoms with E-state index in [2.05, 4.69) is 24.1 Å². The maximum absolute atomic E-state index is 14.4. The van der Waals surface area contributed by atoms with Gasteiger partial charge < -0.3 is 15.3 Å². The van der Waals surface area contributed by atoms with Crippen LogP contribution in [0.2, 0.25) is 0 Å². The number of rotatable bonds is 4. The lowest BCUT2D eigenvalue weighted by molar-refractivity contribution is 0.0698. The van der Waals surface area contributed by atoms with E-state index in [1.54, 1.807) is 25.2 Å². The molecule has 2 heterocycles. The number of hydrogen-bond acceptors (Lipinski definition) is 5. The van der Waals surface area contributed by atoms with Gasteiger partial charge in [0, 0.05) is 20.1 Å². The SMILES string of the molecule is Cn1c(N2CCC(C)(C)CC2)nc2c(Nc3ccccc3C(=O)O)cc(F)cc2c1=O. The Kier molecular flexibility index (Phi) is 5.16. The second-order valence-corrected chi connectivity index (χ2v) is 8.75. The Balaban J connectivity index is 1.84. The molecule has 31 heavy (non-hydrogen) atoms. The van der Waals surface area contributed by atoms with E-state index in [4.69, 9.17) is 4.98 Å². The van der Waals surface area contributed by atoms with E-state index in [1.807, 2.05) is 0 Å². The fourth-order valence-corrected chi connectivity index (χ4v) is 3.94. The van der Waals surface area contributed by atoms with E-state index in [-0.39, 0.29) is 27.6 Å². The molecule has 162 valence electrons. The fraction of sp³-hybridized carbons (Fsp3) is 0.348. The molecule has 0 spiro atoms. The summed E-state index contributed by atoms with van der Waals surface area (Å²) in [5.74, 6) is -1.19. The lowest BCUT2D eigenvalue weighted by Gasteiger charge is -2.37. The van der Waals surface area contributed by atoms with Crippen LogP contribution in [0.4, 0.5) is 21.7 Å². The van der Waals surface area contributed by atoms with Crippen LogP contribution in [0.5, 0.6) is 0 Å². The van der Waals surface area contributed by atoms with Crippen LogP contribution in [0.1, 0.15) is 37.0 Å². The van der Waals surface area contributed by atoms with Crippen LogP contribution in [0.25, 0.3) is 10.9 Å². The van der Waals surface area contributed by atoms with Crippen molar-refractivity contribution in [3.05, 3.63) is 58.1 Å². The Hall–Kier alpha value is -3.42. The zero-order chi connectivity index (χ0) is 22.3. The number of carbonyl (C=O) groups is 1.